The van der Waals surface area contributed by atoms with Gasteiger partial charge in [0.15, 0.2) is 0 Å². The van der Waals surface area contributed by atoms with Crippen LogP contribution in [0.1, 0.15) is 20.8 Å². The summed E-state index contributed by atoms with van der Waals surface area (Å²) in [6.45, 7) is 5.40. The molecule has 0 saturated carbocycles. The normalized spacial score (nSPS) is 13.3. The van der Waals surface area contributed by atoms with Crippen LogP contribution in [0.5, 0.6) is 0 Å². The minimum atomic E-state index is -0.130. The molecule has 0 aliphatic heterocycles. The Labute approximate surface area is 61.4 Å². The van der Waals surface area contributed by atoms with Gasteiger partial charge in [-0.1, -0.05) is 13.8 Å². The molecule has 0 aliphatic carbocycles. The van der Waals surface area contributed by atoms with Crippen LogP contribution in [0.25, 0.3) is 0 Å². The van der Waals surface area contributed by atoms with Crippen LogP contribution in [0.3, 0.4) is 0 Å². The molecule has 0 saturated heterocycles. The number of carbonyl (C=O) groups excluding carboxylic acids is 1. The number of amides is 1. The third-order valence-corrected chi connectivity index (χ3v) is 1.19. The van der Waals surface area contributed by atoms with Crippen molar-refractivity contribution in [1.82, 2.24) is 5.32 Å². The third-order valence-electron chi connectivity index (χ3n) is 1.19. The van der Waals surface area contributed by atoms with E-state index in [-0.39, 0.29) is 24.5 Å². The molecule has 0 aromatic heterocycles. The first-order chi connectivity index (χ1) is 4.57. The van der Waals surface area contributed by atoms with Gasteiger partial charge in [-0.15, -0.1) is 0 Å². The van der Waals surface area contributed by atoms with E-state index in [0.717, 1.165) is 0 Å². The Morgan fingerprint density at radius 2 is 2.00 bits per heavy atom. The Morgan fingerprint density at radius 3 is 2.30 bits per heavy atom. The zero-order chi connectivity index (χ0) is 8.15. The van der Waals surface area contributed by atoms with Crippen LogP contribution in [-0.4, -0.2) is 23.7 Å². The molecule has 0 spiro atoms. The molecule has 2 N–H and O–H groups in total. The molecule has 0 aromatic carbocycles. The van der Waals surface area contributed by atoms with E-state index in [1.807, 2.05) is 13.8 Å². The van der Waals surface area contributed by atoms with E-state index in [2.05, 4.69) is 5.32 Å². The molecule has 1 amide bonds. The summed E-state index contributed by atoms with van der Waals surface area (Å²) in [5.74, 6) is -0.0180. The van der Waals surface area contributed by atoms with E-state index in [1.165, 1.54) is 0 Å². The predicted molar refractivity (Wildman–Crippen MR) is 39.5 cm³/mol. The number of aliphatic hydroxyl groups is 1. The molecule has 0 rings (SSSR count). The van der Waals surface area contributed by atoms with E-state index >= 15 is 0 Å². The minimum absolute atomic E-state index is 0.00153. The maximum atomic E-state index is 10.9. The second kappa shape index (κ2) is 4.28. The van der Waals surface area contributed by atoms with Crippen molar-refractivity contribution in [3.05, 3.63) is 0 Å². The van der Waals surface area contributed by atoms with Crippen LogP contribution in [0.15, 0.2) is 0 Å². The molecule has 0 heterocycles. The van der Waals surface area contributed by atoms with Crippen molar-refractivity contribution in [2.24, 2.45) is 5.92 Å². The van der Waals surface area contributed by atoms with Crippen molar-refractivity contribution in [3.8, 4) is 0 Å². The molecule has 0 fully saturated rings. The molecular weight excluding hydrogens is 130 g/mol. The summed E-state index contributed by atoms with van der Waals surface area (Å²) in [5, 5.41) is 11.2. The standard InChI is InChI=1S/C7H15NO2/c1-5(2)7(10)8-6(3)4-9/h5-6,9H,4H2,1-3H3,(H,8,10)/t6-/m0/s1. The van der Waals surface area contributed by atoms with Crippen molar-refractivity contribution in [3.63, 3.8) is 0 Å². The maximum Gasteiger partial charge on any atom is 0.222 e. The van der Waals surface area contributed by atoms with Crippen LogP contribution >= 0.6 is 0 Å². The lowest BCUT2D eigenvalue weighted by molar-refractivity contribution is -0.124. The van der Waals surface area contributed by atoms with Crippen LogP contribution in [0.4, 0.5) is 0 Å². The Bertz CT molecular complexity index is 112. The van der Waals surface area contributed by atoms with Crippen molar-refractivity contribution < 1.29 is 9.90 Å². The summed E-state index contributed by atoms with van der Waals surface area (Å²) in [6.07, 6.45) is 0. The van der Waals surface area contributed by atoms with Gasteiger partial charge in [0.25, 0.3) is 0 Å². The van der Waals surface area contributed by atoms with E-state index in [9.17, 15) is 4.79 Å². The van der Waals surface area contributed by atoms with Gasteiger partial charge in [-0.25, -0.2) is 0 Å². The summed E-state index contributed by atoms with van der Waals surface area (Å²) in [4.78, 5) is 10.9. The predicted octanol–water partition coefficient (Wildman–Crippen LogP) is 0.139. The summed E-state index contributed by atoms with van der Waals surface area (Å²) in [7, 11) is 0. The van der Waals surface area contributed by atoms with Crippen LogP contribution in [0.2, 0.25) is 0 Å². The molecule has 3 heteroatoms. The summed E-state index contributed by atoms with van der Waals surface area (Å²) < 4.78 is 0. The monoisotopic (exact) mass is 145 g/mol. The van der Waals surface area contributed by atoms with Crippen LogP contribution in [-0.2, 0) is 4.79 Å². The van der Waals surface area contributed by atoms with E-state index in [4.69, 9.17) is 5.11 Å². The molecule has 0 aliphatic rings. The average Bonchev–Trinajstić information content (AvgIpc) is 1.87. The highest BCUT2D eigenvalue weighted by molar-refractivity contribution is 5.78. The van der Waals surface area contributed by atoms with Gasteiger partial charge in [0.05, 0.1) is 6.61 Å². The molecule has 3 nitrogen and oxygen atoms in total. The Morgan fingerprint density at radius 1 is 1.50 bits per heavy atom. The first kappa shape index (κ1) is 9.43. The molecule has 0 bridgehead atoms. The van der Waals surface area contributed by atoms with Crippen LogP contribution < -0.4 is 5.32 Å². The Balaban J connectivity index is 3.57. The van der Waals surface area contributed by atoms with Crippen molar-refractivity contribution >= 4 is 5.91 Å². The summed E-state index contributed by atoms with van der Waals surface area (Å²) in [5.41, 5.74) is 0. The first-order valence-electron chi connectivity index (χ1n) is 3.49. The van der Waals surface area contributed by atoms with Gasteiger partial charge >= 0.3 is 0 Å². The highest BCUT2D eigenvalue weighted by atomic mass is 16.3. The van der Waals surface area contributed by atoms with Crippen molar-refractivity contribution in [1.29, 1.82) is 0 Å². The van der Waals surface area contributed by atoms with Crippen molar-refractivity contribution in [2.75, 3.05) is 6.61 Å². The molecule has 1 atom stereocenters. The van der Waals surface area contributed by atoms with E-state index in [0.29, 0.717) is 0 Å². The number of rotatable bonds is 3. The van der Waals surface area contributed by atoms with E-state index in [1.54, 1.807) is 6.92 Å². The van der Waals surface area contributed by atoms with Gasteiger partial charge in [-0.05, 0) is 6.92 Å². The topological polar surface area (TPSA) is 49.3 Å². The SMILES string of the molecule is CC(C)C(=O)N[C@@H](C)CO. The number of nitrogens with one attached hydrogen (secondary N) is 1. The zero-order valence-electron chi connectivity index (χ0n) is 6.72. The van der Waals surface area contributed by atoms with E-state index < -0.39 is 0 Å². The van der Waals surface area contributed by atoms with Crippen molar-refractivity contribution in [2.45, 2.75) is 26.8 Å². The van der Waals surface area contributed by atoms with Crippen LogP contribution in [0, 0.1) is 5.92 Å². The fourth-order valence-electron chi connectivity index (χ4n) is 0.455. The quantitative estimate of drug-likeness (QED) is 0.593. The Hall–Kier alpha value is -0.570. The highest BCUT2D eigenvalue weighted by Crippen LogP contribution is 1.91. The lowest BCUT2D eigenvalue weighted by Crippen LogP contribution is -2.37. The minimum Gasteiger partial charge on any atom is -0.394 e. The van der Waals surface area contributed by atoms with Gasteiger partial charge in [0.2, 0.25) is 5.91 Å². The molecule has 0 unspecified atom stereocenters. The first-order valence-corrected chi connectivity index (χ1v) is 3.49. The number of hydrogen-bond donors (Lipinski definition) is 2. The number of carbonyl (C=O) groups is 1. The second-order valence-electron chi connectivity index (χ2n) is 2.75. The number of aliphatic hydroxyl groups excluding tert-OH is 1. The summed E-state index contributed by atoms with van der Waals surface area (Å²) in [6, 6.07) is -0.130. The Kier molecular flexibility index (Phi) is 4.03. The largest absolute Gasteiger partial charge is 0.394 e. The van der Waals surface area contributed by atoms with Gasteiger partial charge in [0.1, 0.15) is 0 Å². The zero-order valence-corrected chi connectivity index (χ0v) is 6.72. The lowest BCUT2D eigenvalue weighted by atomic mass is 10.2. The van der Waals surface area contributed by atoms with Gasteiger partial charge in [0, 0.05) is 12.0 Å². The smallest absolute Gasteiger partial charge is 0.222 e. The summed E-state index contributed by atoms with van der Waals surface area (Å²) >= 11 is 0. The van der Waals surface area contributed by atoms with Gasteiger partial charge < -0.3 is 10.4 Å². The molecule has 60 valence electrons. The maximum absolute atomic E-state index is 10.9. The fraction of sp³-hybridized carbons (Fsp3) is 0.857. The average molecular weight is 145 g/mol. The third kappa shape index (κ3) is 3.45. The van der Waals surface area contributed by atoms with Gasteiger partial charge in [-0.2, -0.15) is 0 Å². The fourth-order valence-corrected chi connectivity index (χ4v) is 0.455. The molecule has 0 aromatic rings. The molecule has 10 heavy (non-hydrogen) atoms. The molecular formula is C7H15NO2. The number of hydrogen-bond acceptors (Lipinski definition) is 2. The molecule has 0 radical (unpaired) electrons. The second-order valence-corrected chi connectivity index (χ2v) is 2.75. The highest BCUT2D eigenvalue weighted by Gasteiger charge is 2.08. The lowest BCUT2D eigenvalue weighted by Gasteiger charge is -2.12. The van der Waals surface area contributed by atoms with Gasteiger partial charge in [-0.3, -0.25) is 4.79 Å².